The topological polar surface area (TPSA) is 117 Å². The zero-order valence-corrected chi connectivity index (χ0v) is 25.4. The van der Waals surface area contributed by atoms with E-state index in [0.717, 1.165) is 75.6 Å². The van der Waals surface area contributed by atoms with E-state index >= 15 is 0 Å². The van der Waals surface area contributed by atoms with Crippen molar-refractivity contribution in [3.63, 3.8) is 0 Å². The molecule has 2 aromatic heterocycles. The summed E-state index contributed by atoms with van der Waals surface area (Å²) in [6.45, 7) is 11.5. The first-order chi connectivity index (χ1) is 21.5. The SMILES string of the molecule is C=CC(=O)Nc1cc(Nc2cc(N3OCCC3c3ccc(C)nc3)ncn2)c(OC)cc1N1CCC(N2CCOCC2)CC1. The molecule has 1 aromatic carbocycles. The molecule has 2 N–H and O–H groups in total. The summed E-state index contributed by atoms with van der Waals surface area (Å²) in [4.78, 5) is 36.7. The van der Waals surface area contributed by atoms with Crippen LogP contribution in [0.2, 0.25) is 0 Å². The number of piperidine rings is 1. The highest BCUT2D eigenvalue weighted by Gasteiger charge is 2.30. The summed E-state index contributed by atoms with van der Waals surface area (Å²) in [5, 5.41) is 8.20. The average Bonchev–Trinajstić information content (AvgIpc) is 3.56. The van der Waals surface area contributed by atoms with Crippen LogP contribution in [0.3, 0.4) is 0 Å². The molecule has 1 unspecified atom stereocenters. The number of benzene rings is 1. The molecule has 1 atom stereocenters. The lowest BCUT2D eigenvalue weighted by molar-refractivity contribution is -0.111. The Balaban J connectivity index is 1.23. The lowest BCUT2D eigenvalue weighted by Gasteiger charge is -2.41. The van der Waals surface area contributed by atoms with E-state index in [-0.39, 0.29) is 11.9 Å². The van der Waals surface area contributed by atoms with Crippen LogP contribution < -0.4 is 25.3 Å². The normalized spacial score (nSPS) is 19.5. The molecule has 0 saturated carbocycles. The van der Waals surface area contributed by atoms with E-state index in [1.165, 1.54) is 12.4 Å². The highest BCUT2D eigenvalue weighted by Crippen LogP contribution is 2.40. The predicted molar refractivity (Wildman–Crippen MR) is 170 cm³/mol. The molecule has 232 valence electrons. The molecule has 0 aliphatic carbocycles. The first kappa shape index (κ1) is 29.8. The van der Waals surface area contributed by atoms with Crippen LogP contribution in [0.25, 0.3) is 0 Å². The third kappa shape index (κ3) is 6.62. The Hall–Kier alpha value is -4.26. The summed E-state index contributed by atoms with van der Waals surface area (Å²) < 4.78 is 11.4. The van der Waals surface area contributed by atoms with Crippen molar-refractivity contribution < 1.29 is 19.1 Å². The molecule has 0 bridgehead atoms. The fourth-order valence-corrected chi connectivity index (χ4v) is 6.14. The Kier molecular flexibility index (Phi) is 9.20. The van der Waals surface area contributed by atoms with Gasteiger partial charge in [0.15, 0.2) is 5.82 Å². The second-order valence-corrected chi connectivity index (χ2v) is 11.2. The van der Waals surface area contributed by atoms with Gasteiger partial charge >= 0.3 is 0 Å². The number of carbonyl (C=O) groups excluding carboxylic acids is 1. The number of hydrogen-bond acceptors (Lipinski definition) is 11. The molecular formula is C32H40N8O4. The van der Waals surface area contributed by atoms with Gasteiger partial charge in [0.1, 0.15) is 17.9 Å². The maximum atomic E-state index is 12.5. The van der Waals surface area contributed by atoms with E-state index in [0.29, 0.717) is 41.4 Å². The van der Waals surface area contributed by atoms with E-state index < -0.39 is 0 Å². The van der Waals surface area contributed by atoms with Crippen molar-refractivity contribution in [2.45, 2.75) is 38.3 Å². The zero-order valence-electron chi connectivity index (χ0n) is 25.4. The van der Waals surface area contributed by atoms with Gasteiger partial charge in [0.05, 0.1) is 50.0 Å². The summed E-state index contributed by atoms with van der Waals surface area (Å²) in [5.41, 5.74) is 4.27. The number of anilines is 5. The number of nitrogens with one attached hydrogen (secondary N) is 2. The molecule has 3 aliphatic heterocycles. The Morgan fingerprint density at radius 2 is 1.84 bits per heavy atom. The third-order valence-corrected chi connectivity index (χ3v) is 8.49. The van der Waals surface area contributed by atoms with Crippen molar-refractivity contribution in [3.8, 4) is 5.75 Å². The van der Waals surface area contributed by atoms with Gasteiger partial charge in [-0.2, -0.15) is 0 Å². The van der Waals surface area contributed by atoms with Crippen LogP contribution in [0.4, 0.5) is 28.7 Å². The number of morpholine rings is 1. The lowest BCUT2D eigenvalue weighted by Crippen LogP contribution is -2.49. The molecule has 0 radical (unpaired) electrons. The fraction of sp³-hybridized carbons (Fsp3) is 0.438. The summed E-state index contributed by atoms with van der Waals surface area (Å²) in [7, 11) is 1.64. The number of amides is 1. The van der Waals surface area contributed by atoms with E-state index in [9.17, 15) is 4.79 Å². The van der Waals surface area contributed by atoms with Crippen LogP contribution in [-0.2, 0) is 14.4 Å². The van der Waals surface area contributed by atoms with Gasteiger partial charge < -0.3 is 25.0 Å². The standard InChI is InChI=1S/C32H40N8O4/c1-4-32(41)37-25-17-26(29(42-3)18-28(25)39-10-7-24(8-11-39)38-12-15-43-16-13-38)36-30-19-31(35-21-34-30)40-27(9-14-44-40)23-6-5-22(2)33-20-23/h4-6,17-21,24,27H,1,7-16H2,2-3H3,(H,37,41)(H,34,35,36). The molecular weight excluding hydrogens is 560 g/mol. The van der Waals surface area contributed by atoms with E-state index in [1.807, 2.05) is 42.4 Å². The fourth-order valence-electron chi connectivity index (χ4n) is 6.14. The molecule has 3 aromatic rings. The zero-order chi connectivity index (χ0) is 30.5. The molecule has 12 heteroatoms. The first-order valence-electron chi connectivity index (χ1n) is 15.2. The van der Waals surface area contributed by atoms with Gasteiger partial charge in [0, 0.05) is 62.7 Å². The van der Waals surface area contributed by atoms with Gasteiger partial charge in [-0.25, -0.2) is 15.0 Å². The molecule has 6 rings (SSSR count). The quantitative estimate of drug-likeness (QED) is 0.344. The van der Waals surface area contributed by atoms with E-state index in [4.69, 9.17) is 14.3 Å². The molecule has 1 amide bonds. The summed E-state index contributed by atoms with van der Waals surface area (Å²) in [6, 6.07) is 10.3. The Morgan fingerprint density at radius 3 is 2.57 bits per heavy atom. The predicted octanol–water partition coefficient (Wildman–Crippen LogP) is 4.24. The van der Waals surface area contributed by atoms with Crippen LogP contribution in [0.5, 0.6) is 5.75 Å². The van der Waals surface area contributed by atoms with Gasteiger partial charge in [-0.1, -0.05) is 12.6 Å². The van der Waals surface area contributed by atoms with Gasteiger partial charge in [-0.15, -0.1) is 0 Å². The highest BCUT2D eigenvalue weighted by molar-refractivity contribution is 6.02. The molecule has 3 fully saturated rings. The maximum absolute atomic E-state index is 12.5. The third-order valence-electron chi connectivity index (χ3n) is 8.49. The van der Waals surface area contributed by atoms with Crippen molar-refractivity contribution in [2.75, 3.05) is 73.7 Å². The average molecular weight is 601 g/mol. The van der Waals surface area contributed by atoms with Gasteiger partial charge in [-0.3, -0.25) is 19.5 Å². The number of hydrogen-bond donors (Lipinski definition) is 2. The second kappa shape index (κ2) is 13.6. The lowest BCUT2D eigenvalue weighted by atomic mass is 10.0. The van der Waals surface area contributed by atoms with Crippen LogP contribution in [0, 0.1) is 6.92 Å². The van der Waals surface area contributed by atoms with E-state index in [1.54, 1.807) is 7.11 Å². The number of aryl methyl sites for hydroxylation is 1. The van der Waals surface area contributed by atoms with Crippen molar-refractivity contribution >= 4 is 34.6 Å². The minimum Gasteiger partial charge on any atom is -0.494 e. The Bertz CT molecular complexity index is 1460. The van der Waals surface area contributed by atoms with Crippen LogP contribution in [0.15, 0.2) is 55.5 Å². The van der Waals surface area contributed by atoms with Crippen molar-refractivity contribution in [1.82, 2.24) is 19.9 Å². The molecule has 3 aliphatic rings. The number of aromatic nitrogens is 3. The van der Waals surface area contributed by atoms with Crippen LogP contribution >= 0.6 is 0 Å². The van der Waals surface area contributed by atoms with Gasteiger partial charge in [0.25, 0.3) is 0 Å². The summed E-state index contributed by atoms with van der Waals surface area (Å²) in [5.74, 6) is 1.54. The summed E-state index contributed by atoms with van der Waals surface area (Å²) in [6.07, 6.45) is 7.57. The number of methoxy groups -OCH3 is 1. The number of pyridine rings is 1. The smallest absolute Gasteiger partial charge is 0.247 e. The number of hydroxylamine groups is 1. The minimum absolute atomic E-state index is 0.00669. The maximum Gasteiger partial charge on any atom is 0.247 e. The molecule has 0 spiro atoms. The molecule has 5 heterocycles. The van der Waals surface area contributed by atoms with E-state index in [2.05, 4.69) is 48.0 Å². The van der Waals surface area contributed by atoms with Crippen molar-refractivity contribution in [1.29, 1.82) is 0 Å². The van der Waals surface area contributed by atoms with Gasteiger partial charge in [0.2, 0.25) is 5.91 Å². The second-order valence-electron chi connectivity index (χ2n) is 11.2. The van der Waals surface area contributed by atoms with Crippen molar-refractivity contribution in [2.24, 2.45) is 0 Å². The molecule has 3 saturated heterocycles. The molecule has 12 nitrogen and oxygen atoms in total. The number of rotatable bonds is 9. The Labute approximate surface area is 258 Å². The number of ether oxygens (including phenoxy) is 2. The monoisotopic (exact) mass is 600 g/mol. The highest BCUT2D eigenvalue weighted by atomic mass is 16.7. The van der Waals surface area contributed by atoms with Gasteiger partial charge in [-0.05, 0) is 43.5 Å². The molecule has 44 heavy (non-hydrogen) atoms. The number of carbonyl (C=O) groups is 1. The minimum atomic E-state index is -0.280. The van der Waals surface area contributed by atoms with Crippen LogP contribution in [0.1, 0.15) is 36.6 Å². The Morgan fingerprint density at radius 1 is 1.02 bits per heavy atom. The first-order valence-corrected chi connectivity index (χ1v) is 15.2. The summed E-state index contributed by atoms with van der Waals surface area (Å²) >= 11 is 0. The number of nitrogens with zero attached hydrogens (tertiary/aromatic N) is 6. The van der Waals surface area contributed by atoms with Crippen LogP contribution in [-0.4, -0.2) is 84.9 Å². The largest absolute Gasteiger partial charge is 0.494 e. The van der Waals surface area contributed by atoms with Crippen molar-refractivity contribution in [3.05, 3.63) is 66.8 Å².